The molecule has 0 saturated carbocycles. The largest absolute Gasteiger partial charge is 0.465 e. The molecule has 0 fully saturated rings. The van der Waals surface area contributed by atoms with Crippen molar-refractivity contribution in [2.45, 2.75) is 6.54 Å². The summed E-state index contributed by atoms with van der Waals surface area (Å²) in [5, 5.41) is 3.37. The van der Waals surface area contributed by atoms with Crippen LogP contribution in [0.3, 0.4) is 0 Å². The first kappa shape index (κ1) is 13.9. The zero-order valence-corrected chi connectivity index (χ0v) is 12.7. The Labute approximate surface area is 126 Å². The lowest BCUT2D eigenvalue weighted by atomic mass is 10.1. The van der Waals surface area contributed by atoms with Gasteiger partial charge in [-0.1, -0.05) is 24.3 Å². The summed E-state index contributed by atoms with van der Waals surface area (Å²) in [4.78, 5) is 11.3. The topological polar surface area (TPSA) is 38.3 Å². The molecule has 0 heterocycles. The Kier molecular flexibility index (Phi) is 4.79. The molecule has 2 aromatic rings. The van der Waals surface area contributed by atoms with Crippen molar-refractivity contribution >= 4 is 34.2 Å². The van der Waals surface area contributed by atoms with Crippen LogP contribution in [0.4, 0.5) is 5.69 Å². The third-order valence-corrected chi connectivity index (χ3v) is 3.67. The van der Waals surface area contributed by atoms with Crippen molar-refractivity contribution in [1.82, 2.24) is 0 Å². The monoisotopic (exact) mass is 367 g/mol. The third kappa shape index (κ3) is 3.70. The fourth-order valence-corrected chi connectivity index (χ4v) is 2.26. The molecule has 1 N–H and O–H groups in total. The van der Waals surface area contributed by atoms with Gasteiger partial charge in [0.15, 0.2) is 0 Å². The molecule has 0 amide bonds. The molecule has 2 rings (SSSR count). The van der Waals surface area contributed by atoms with E-state index in [9.17, 15) is 4.79 Å². The lowest BCUT2D eigenvalue weighted by Gasteiger charge is -2.08. The van der Waals surface area contributed by atoms with E-state index in [0.29, 0.717) is 5.56 Å². The van der Waals surface area contributed by atoms with Gasteiger partial charge in [0.05, 0.1) is 12.7 Å². The van der Waals surface area contributed by atoms with E-state index >= 15 is 0 Å². The predicted molar refractivity (Wildman–Crippen MR) is 84.3 cm³/mol. The zero-order valence-electron chi connectivity index (χ0n) is 10.5. The Bertz CT molecular complexity index is 567. The van der Waals surface area contributed by atoms with E-state index in [4.69, 9.17) is 0 Å². The Hall–Kier alpha value is -1.56. The van der Waals surface area contributed by atoms with Gasteiger partial charge in [0.1, 0.15) is 0 Å². The van der Waals surface area contributed by atoms with E-state index < -0.39 is 0 Å². The Balaban J connectivity index is 2.01. The van der Waals surface area contributed by atoms with E-state index in [-0.39, 0.29) is 5.97 Å². The molecule has 0 bridgehead atoms. The molecule has 0 aromatic heterocycles. The van der Waals surface area contributed by atoms with Gasteiger partial charge in [0.25, 0.3) is 0 Å². The number of esters is 1. The second-order valence-corrected chi connectivity index (χ2v) is 5.18. The smallest absolute Gasteiger partial charge is 0.337 e. The molecular formula is C15H14INO2. The Morgan fingerprint density at radius 1 is 1.16 bits per heavy atom. The van der Waals surface area contributed by atoms with Crippen LogP contribution in [0.5, 0.6) is 0 Å². The Morgan fingerprint density at radius 2 is 1.84 bits per heavy atom. The average molecular weight is 367 g/mol. The van der Waals surface area contributed by atoms with Crippen LogP contribution in [0.25, 0.3) is 0 Å². The number of halogens is 1. The van der Waals surface area contributed by atoms with Gasteiger partial charge in [0, 0.05) is 15.8 Å². The summed E-state index contributed by atoms with van der Waals surface area (Å²) in [6.45, 7) is 0.724. The normalized spacial score (nSPS) is 10.0. The maximum Gasteiger partial charge on any atom is 0.337 e. The summed E-state index contributed by atoms with van der Waals surface area (Å²) in [6, 6.07) is 15.5. The lowest BCUT2D eigenvalue weighted by molar-refractivity contribution is 0.0600. The fraction of sp³-hybridized carbons (Fsp3) is 0.133. The molecule has 0 spiro atoms. The van der Waals surface area contributed by atoms with Crippen molar-refractivity contribution in [2.75, 3.05) is 12.4 Å². The highest BCUT2D eigenvalue weighted by Crippen LogP contribution is 2.18. The third-order valence-electron chi connectivity index (χ3n) is 2.73. The van der Waals surface area contributed by atoms with E-state index in [2.05, 4.69) is 38.7 Å². The van der Waals surface area contributed by atoms with Gasteiger partial charge in [-0.15, -0.1) is 0 Å². The van der Waals surface area contributed by atoms with Crippen LogP contribution in [0.15, 0.2) is 48.5 Å². The first-order valence-electron chi connectivity index (χ1n) is 5.86. The maximum atomic E-state index is 11.3. The lowest BCUT2D eigenvalue weighted by Crippen LogP contribution is -2.03. The van der Waals surface area contributed by atoms with E-state index in [0.717, 1.165) is 17.8 Å². The van der Waals surface area contributed by atoms with Crippen LogP contribution < -0.4 is 5.32 Å². The second kappa shape index (κ2) is 6.56. The minimum Gasteiger partial charge on any atom is -0.465 e. The van der Waals surface area contributed by atoms with Gasteiger partial charge in [-0.25, -0.2) is 4.79 Å². The SMILES string of the molecule is COC(=O)c1ccc(CNc2ccccc2I)cc1. The first-order chi connectivity index (χ1) is 9.20. The van der Waals surface area contributed by atoms with Gasteiger partial charge in [-0.05, 0) is 52.4 Å². The average Bonchev–Trinajstić information content (AvgIpc) is 2.46. The summed E-state index contributed by atoms with van der Waals surface area (Å²) in [5.41, 5.74) is 2.80. The number of benzene rings is 2. The Morgan fingerprint density at radius 3 is 2.47 bits per heavy atom. The summed E-state index contributed by atoms with van der Waals surface area (Å²) >= 11 is 2.30. The number of nitrogens with one attached hydrogen (secondary N) is 1. The molecular weight excluding hydrogens is 353 g/mol. The molecule has 4 heteroatoms. The second-order valence-electron chi connectivity index (χ2n) is 4.02. The maximum absolute atomic E-state index is 11.3. The number of hydrogen-bond donors (Lipinski definition) is 1. The number of ether oxygens (including phenoxy) is 1. The molecule has 3 nitrogen and oxygen atoms in total. The molecule has 0 saturated heterocycles. The van der Waals surface area contributed by atoms with Gasteiger partial charge in [-0.3, -0.25) is 0 Å². The molecule has 0 unspecified atom stereocenters. The van der Waals surface area contributed by atoms with Crippen molar-refractivity contribution in [3.63, 3.8) is 0 Å². The minimum absolute atomic E-state index is 0.308. The van der Waals surface area contributed by atoms with E-state index in [1.54, 1.807) is 12.1 Å². The molecule has 2 aromatic carbocycles. The predicted octanol–water partition coefficient (Wildman–Crippen LogP) is 3.69. The van der Waals surface area contributed by atoms with Gasteiger partial charge >= 0.3 is 5.97 Å². The summed E-state index contributed by atoms with van der Waals surface area (Å²) in [7, 11) is 1.38. The number of rotatable bonds is 4. The number of carbonyl (C=O) groups excluding carboxylic acids is 1. The highest BCUT2D eigenvalue weighted by Gasteiger charge is 2.04. The van der Waals surface area contributed by atoms with E-state index in [1.165, 1.54) is 10.7 Å². The summed E-state index contributed by atoms with van der Waals surface area (Å²) in [5.74, 6) is -0.308. The number of methoxy groups -OCH3 is 1. The highest BCUT2D eigenvalue weighted by molar-refractivity contribution is 14.1. The number of carbonyl (C=O) groups is 1. The van der Waals surface area contributed by atoms with Crippen LogP contribution in [0.1, 0.15) is 15.9 Å². The number of anilines is 1. The van der Waals surface area contributed by atoms with Crippen molar-refractivity contribution < 1.29 is 9.53 Å². The molecule has 0 aliphatic carbocycles. The molecule has 0 aliphatic heterocycles. The van der Waals surface area contributed by atoms with Crippen LogP contribution in [-0.4, -0.2) is 13.1 Å². The van der Waals surface area contributed by atoms with Crippen LogP contribution >= 0.6 is 22.6 Å². The standard InChI is InChI=1S/C15H14INO2/c1-19-15(18)12-8-6-11(7-9-12)10-17-14-5-3-2-4-13(14)16/h2-9,17H,10H2,1H3. The van der Waals surface area contributed by atoms with Crippen molar-refractivity contribution in [1.29, 1.82) is 0 Å². The van der Waals surface area contributed by atoms with Crippen LogP contribution in [0, 0.1) is 3.57 Å². The van der Waals surface area contributed by atoms with Gasteiger partial charge in [-0.2, -0.15) is 0 Å². The molecule has 0 aliphatic rings. The number of para-hydroxylation sites is 1. The van der Waals surface area contributed by atoms with Crippen molar-refractivity contribution in [3.8, 4) is 0 Å². The number of hydrogen-bond acceptors (Lipinski definition) is 3. The zero-order chi connectivity index (χ0) is 13.7. The molecule has 0 atom stereocenters. The van der Waals surface area contributed by atoms with Crippen LogP contribution in [0.2, 0.25) is 0 Å². The van der Waals surface area contributed by atoms with Crippen LogP contribution in [-0.2, 0) is 11.3 Å². The summed E-state index contributed by atoms with van der Waals surface area (Å²) < 4.78 is 5.85. The van der Waals surface area contributed by atoms with Crippen molar-refractivity contribution in [2.24, 2.45) is 0 Å². The fourth-order valence-electron chi connectivity index (χ4n) is 1.68. The highest BCUT2D eigenvalue weighted by atomic mass is 127. The molecule has 98 valence electrons. The van der Waals surface area contributed by atoms with E-state index in [1.807, 2.05) is 30.3 Å². The molecule has 0 radical (unpaired) electrons. The van der Waals surface area contributed by atoms with Gasteiger partial charge < -0.3 is 10.1 Å². The minimum atomic E-state index is -0.308. The van der Waals surface area contributed by atoms with Gasteiger partial charge in [0.2, 0.25) is 0 Å². The summed E-state index contributed by atoms with van der Waals surface area (Å²) in [6.07, 6.45) is 0. The quantitative estimate of drug-likeness (QED) is 0.662. The van der Waals surface area contributed by atoms with Crippen molar-refractivity contribution in [3.05, 3.63) is 63.2 Å². The first-order valence-corrected chi connectivity index (χ1v) is 6.94. The molecule has 19 heavy (non-hydrogen) atoms.